The number of aromatic nitrogens is 1. The summed E-state index contributed by atoms with van der Waals surface area (Å²) in [5, 5.41) is 14.3. The van der Waals surface area contributed by atoms with Gasteiger partial charge in [-0.25, -0.2) is 4.98 Å². The first-order valence-corrected chi connectivity index (χ1v) is 8.17. The third-order valence-electron chi connectivity index (χ3n) is 2.86. The Hall–Kier alpha value is -2.56. The Morgan fingerprint density at radius 1 is 1.54 bits per heavy atom. The molecule has 1 aromatic heterocycles. The van der Waals surface area contributed by atoms with Gasteiger partial charge in [0.25, 0.3) is 5.91 Å². The molecule has 0 atom stereocenters. The molecule has 0 radical (unpaired) electrons. The van der Waals surface area contributed by atoms with Crippen molar-refractivity contribution >= 4 is 40.1 Å². The molecule has 0 aliphatic carbocycles. The standard InChI is InChI=1S/C16H14ClN3O3S/c1-3-23-13-8-10(7-12(17)14(13)22-2)6-11(9-18)15(21)20-16-19-4-5-24-16/h4-8H,3H2,1-2H3,(H,19,20,21)/b11-6+. The summed E-state index contributed by atoms with van der Waals surface area (Å²) in [6.45, 7) is 2.26. The van der Waals surface area contributed by atoms with E-state index in [1.165, 1.54) is 24.5 Å². The minimum absolute atomic E-state index is 0.0751. The van der Waals surface area contributed by atoms with Crippen LogP contribution in [0.25, 0.3) is 6.08 Å². The molecule has 2 rings (SSSR count). The van der Waals surface area contributed by atoms with E-state index < -0.39 is 5.91 Å². The molecule has 1 amide bonds. The number of carbonyl (C=O) groups is 1. The van der Waals surface area contributed by atoms with E-state index in [1.54, 1.807) is 23.7 Å². The SMILES string of the molecule is CCOc1cc(/C=C(\C#N)C(=O)Nc2nccs2)cc(Cl)c1OC. The van der Waals surface area contributed by atoms with E-state index in [2.05, 4.69) is 10.3 Å². The average Bonchev–Trinajstić information content (AvgIpc) is 3.05. The molecule has 0 fully saturated rings. The number of nitrogens with zero attached hydrogens (tertiary/aromatic N) is 2. The van der Waals surface area contributed by atoms with Gasteiger partial charge in [-0.05, 0) is 30.7 Å². The number of benzene rings is 1. The van der Waals surface area contributed by atoms with Crippen LogP contribution in [0.1, 0.15) is 12.5 Å². The maximum atomic E-state index is 12.1. The average molecular weight is 364 g/mol. The highest BCUT2D eigenvalue weighted by molar-refractivity contribution is 7.13. The molecule has 1 heterocycles. The van der Waals surface area contributed by atoms with Crippen LogP contribution in [-0.2, 0) is 4.79 Å². The number of nitrogens with one attached hydrogen (secondary N) is 1. The summed E-state index contributed by atoms with van der Waals surface area (Å²) in [5.41, 5.74) is 0.476. The second kappa shape index (κ2) is 8.34. The summed E-state index contributed by atoms with van der Waals surface area (Å²) in [6.07, 6.45) is 2.99. The van der Waals surface area contributed by atoms with Gasteiger partial charge in [0.15, 0.2) is 16.6 Å². The van der Waals surface area contributed by atoms with Crippen molar-refractivity contribution in [3.05, 3.63) is 39.9 Å². The molecule has 0 aliphatic rings. The van der Waals surface area contributed by atoms with Gasteiger partial charge >= 0.3 is 0 Å². The zero-order valence-electron chi connectivity index (χ0n) is 13.0. The molecule has 6 nitrogen and oxygen atoms in total. The number of amides is 1. The normalized spacial score (nSPS) is 10.8. The molecule has 0 saturated heterocycles. The lowest BCUT2D eigenvalue weighted by Gasteiger charge is -2.12. The van der Waals surface area contributed by atoms with Gasteiger partial charge in [0.2, 0.25) is 0 Å². The number of thiazole rings is 1. The van der Waals surface area contributed by atoms with Gasteiger partial charge in [0, 0.05) is 11.6 Å². The summed E-state index contributed by atoms with van der Waals surface area (Å²) in [5.74, 6) is 0.301. The van der Waals surface area contributed by atoms with Crippen molar-refractivity contribution < 1.29 is 14.3 Å². The highest BCUT2D eigenvalue weighted by Gasteiger charge is 2.14. The molecular formula is C16H14ClN3O3S. The van der Waals surface area contributed by atoms with Crippen molar-refractivity contribution in [3.8, 4) is 17.6 Å². The first-order chi connectivity index (χ1) is 11.6. The van der Waals surface area contributed by atoms with Crippen LogP contribution in [0.3, 0.4) is 0 Å². The zero-order chi connectivity index (χ0) is 17.5. The van der Waals surface area contributed by atoms with Crippen molar-refractivity contribution in [2.75, 3.05) is 19.0 Å². The first kappa shape index (κ1) is 17.8. The number of ether oxygens (including phenoxy) is 2. The van der Waals surface area contributed by atoms with Crippen molar-refractivity contribution in [2.24, 2.45) is 0 Å². The van der Waals surface area contributed by atoms with Gasteiger partial charge in [-0.1, -0.05) is 11.6 Å². The molecular weight excluding hydrogens is 350 g/mol. The predicted molar refractivity (Wildman–Crippen MR) is 93.5 cm³/mol. The summed E-state index contributed by atoms with van der Waals surface area (Å²) in [4.78, 5) is 16.1. The smallest absolute Gasteiger partial charge is 0.268 e. The summed E-state index contributed by atoms with van der Waals surface area (Å²) < 4.78 is 10.7. The third kappa shape index (κ3) is 4.25. The Kier molecular flexibility index (Phi) is 6.18. The number of nitriles is 1. The number of hydrogen-bond acceptors (Lipinski definition) is 6. The van der Waals surface area contributed by atoms with Crippen molar-refractivity contribution in [1.29, 1.82) is 5.26 Å². The van der Waals surface area contributed by atoms with Crippen molar-refractivity contribution in [2.45, 2.75) is 6.92 Å². The van der Waals surface area contributed by atoms with Crippen LogP contribution in [0, 0.1) is 11.3 Å². The summed E-state index contributed by atoms with van der Waals surface area (Å²) >= 11 is 7.43. The van der Waals surface area contributed by atoms with Crippen LogP contribution in [0.4, 0.5) is 5.13 Å². The number of rotatable bonds is 6. The minimum atomic E-state index is -0.544. The van der Waals surface area contributed by atoms with E-state index in [9.17, 15) is 10.1 Å². The monoisotopic (exact) mass is 363 g/mol. The number of methoxy groups -OCH3 is 1. The fraction of sp³-hybridized carbons (Fsp3) is 0.188. The van der Waals surface area contributed by atoms with E-state index in [1.807, 2.05) is 13.0 Å². The lowest BCUT2D eigenvalue weighted by molar-refractivity contribution is -0.112. The molecule has 1 N–H and O–H groups in total. The molecule has 0 aliphatic heterocycles. The fourth-order valence-corrected chi connectivity index (χ4v) is 2.72. The Morgan fingerprint density at radius 2 is 2.33 bits per heavy atom. The minimum Gasteiger partial charge on any atom is -0.491 e. The fourth-order valence-electron chi connectivity index (χ4n) is 1.90. The molecule has 0 unspecified atom stereocenters. The molecule has 0 bridgehead atoms. The quantitative estimate of drug-likeness (QED) is 0.624. The molecule has 124 valence electrons. The maximum absolute atomic E-state index is 12.1. The Morgan fingerprint density at radius 3 is 2.92 bits per heavy atom. The number of carbonyl (C=O) groups excluding carboxylic acids is 1. The van der Waals surface area contributed by atoms with Crippen molar-refractivity contribution in [1.82, 2.24) is 4.98 Å². The zero-order valence-corrected chi connectivity index (χ0v) is 14.6. The highest BCUT2D eigenvalue weighted by Crippen LogP contribution is 2.36. The van der Waals surface area contributed by atoms with Crippen molar-refractivity contribution in [3.63, 3.8) is 0 Å². The molecule has 8 heteroatoms. The van der Waals surface area contributed by atoms with Crippen LogP contribution in [0.15, 0.2) is 29.3 Å². The van der Waals surface area contributed by atoms with E-state index in [-0.39, 0.29) is 5.57 Å². The van der Waals surface area contributed by atoms with Gasteiger partial charge < -0.3 is 9.47 Å². The van der Waals surface area contributed by atoms with E-state index >= 15 is 0 Å². The second-order valence-electron chi connectivity index (χ2n) is 4.43. The predicted octanol–water partition coefficient (Wildman–Crippen LogP) is 3.75. The summed E-state index contributed by atoms with van der Waals surface area (Å²) in [7, 11) is 1.49. The number of hydrogen-bond donors (Lipinski definition) is 1. The van der Waals surface area contributed by atoms with Crippen LogP contribution >= 0.6 is 22.9 Å². The van der Waals surface area contributed by atoms with Gasteiger partial charge in [0.05, 0.1) is 18.7 Å². The maximum Gasteiger partial charge on any atom is 0.268 e. The van der Waals surface area contributed by atoms with Gasteiger partial charge in [-0.15, -0.1) is 11.3 Å². The van der Waals surface area contributed by atoms with Crippen LogP contribution in [0.5, 0.6) is 11.5 Å². The Bertz CT molecular complexity index is 798. The van der Waals surface area contributed by atoms with Crippen LogP contribution < -0.4 is 14.8 Å². The second-order valence-corrected chi connectivity index (χ2v) is 5.73. The van der Waals surface area contributed by atoms with Gasteiger partial charge in [0.1, 0.15) is 11.6 Å². The molecule has 0 spiro atoms. The molecule has 24 heavy (non-hydrogen) atoms. The number of halogens is 1. The van der Waals surface area contributed by atoms with Crippen LogP contribution in [0.2, 0.25) is 5.02 Å². The number of anilines is 1. The highest BCUT2D eigenvalue weighted by atomic mass is 35.5. The Labute approximate surface area is 148 Å². The molecule has 1 aromatic carbocycles. The van der Waals surface area contributed by atoms with E-state index in [0.29, 0.717) is 33.8 Å². The summed E-state index contributed by atoms with van der Waals surface area (Å²) in [6, 6.07) is 5.12. The topological polar surface area (TPSA) is 84.2 Å². The van der Waals surface area contributed by atoms with E-state index in [4.69, 9.17) is 21.1 Å². The van der Waals surface area contributed by atoms with E-state index in [0.717, 1.165) is 0 Å². The van der Waals surface area contributed by atoms with Gasteiger partial charge in [-0.2, -0.15) is 5.26 Å². The third-order valence-corrected chi connectivity index (χ3v) is 3.83. The van der Waals surface area contributed by atoms with Gasteiger partial charge in [-0.3, -0.25) is 10.1 Å². The molecule has 2 aromatic rings. The lowest BCUT2D eigenvalue weighted by atomic mass is 10.1. The first-order valence-electron chi connectivity index (χ1n) is 6.92. The Balaban J connectivity index is 2.33. The van der Waals surface area contributed by atoms with Crippen LogP contribution in [-0.4, -0.2) is 24.6 Å². The lowest BCUT2D eigenvalue weighted by Crippen LogP contribution is -2.13. The molecule has 0 saturated carbocycles. The largest absolute Gasteiger partial charge is 0.491 e.